The minimum absolute atomic E-state index is 0.487. The third-order valence-corrected chi connectivity index (χ3v) is 2.99. The molecule has 1 heterocycles. The molecule has 0 aliphatic rings. The normalized spacial score (nSPS) is 11.1. The van der Waals surface area contributed by atoms with Crippen LogP contribution in [-0.2, 0) is 13.0 Å². The molecule has 0 aliphatic carbocycles. The molecule has 0 amide bonds. The van der Waals surface area contributed by atoms with Crippen LogP contribution in [0.2, 0.25) is 0 Å². The average molecular weight is 243 g/mol. The Kier molecular flexibility index (Phi) is 4.15. The zero-order valence-corrected chi connectivity index (χ0v) is 11.3. The fourth-order valence-electron chi connectivity index (χ4n) is 1.83. The zero-order chi connectivity index (χ0) is 13.0. The largest absolute Gasteiger partial charge is 0.309 e. The Balaban J connectivity index is 2.08. The number of benzene rings is 1. The molecule has 0 aliphatic heterocycles. The SMILES string of the molecule is CCc1ccc(-c2cc(CNC(C)C)[nH]n2)cc1. The van der Waals surface area contributed by atoms with Gasteiger partial charge < -0.3 is 5.32 Å². The van der Waals surface area contributed by atoms with E-state index >= 15 is 0 Å². The maximum Gasteiger partial charge on any atom is 0.0924 e. The quantitative estimate of drug-likeness (QED) is 0.847. The Morgan fingerprint density at radius 2 is 1.94 bits per heavy atom. The molecule has 96 valence electrons. The summed E-state index contributed by atoms with van der Waals surface area (Å²) >= 11 is 0. The Morgan fingerprint density at radius 1 is 1.22 bits per heavy atom. The van der Waals surface area contributed by atoms with Gasteiger partial charge in [-0.25, -0.2) is 0 Å². The van der Waals surface area contributed by atoms with Gasteiger partial charge in [-0.05, 0) is 18.1 Å². The number of aromatic amines is 1. The lowest BCUT2D eigenvalue weighted by atomic mass is 10.1. The predicted octanol–water partition coefficient (Wildman–Crippen LogP) is 3.14. The highest BCUT2D eigenvalue weighted by Crippen LogP contribution is 2.18. The fourth-order valence-corrected chi connectivity index (χ4v) is 1.83. The number of hydrogen-bond donors (Lipinski definition) is 2. The Hall–Kier alpha value is -1.61. The van der Waals surface area contributed by atoms with Gasteiger partial charge in [0.25, 0.3) is 0 Å². The van der Waals surface area contributed by atoms with Crippen LogP contribution in [-0.4, -0.2) is 16.2 Å². The maximum atomic E-state index is 4.35. The summed E-state index contributed by atoms with van der Waals surface area (Å²) in [6.07, 6.45) is 1.07. The molecule has 3 heteroatoms. The van der Waals surface area contributed by atoms with Crippen molar-refractivity contribution in [2.75, 3.05) is 0 Å². The number of nitrogens with zero attached hydrogens (tertiary/aromatic N) is 1. The van der Waals surface area contributed by atoms with Gasteiger partial charge in [0.2, 0.25) is 0 Å². The summed E-state index contributed by atoms with van der Waals surface area (Å²) < 4.78 is 0. The number of nitrogens with one attached hydrogen (secondary N) is 2. The molecule has 1 aromatic heterocycles. The minimum Gasteiger partial charge on any atom is -0.309 e. The molecular formula is C15H21N3. The van der Waals surface area contributed by atoms with Crippen LogP contribution >= 0.6 is 0 Å². The van der Waals surface area contributed by atoms with Gasteiger partial charge in [-0.3, -0.25) is 5.10 Å². The second kappa shape index (κ2) is 5.83. The monoisotopic (exact) mass is 243 g/mol. The van der Waals surface area contributed by atoms with Crippen LogP contribution < -0.4 is 5.32 Å². The number of rotatable bonds is 5. The fraction of sp³-hybridized carbons (Fsp3) is 0.400. The van der Waals surface area contributed by atoms with E-state index in [4.69, 9.17) is 0 Å². The average Bonchev–Trinajstić information content (AvgIpc) is 2.85. The summed E-state index contributed by atoms with van der Waals surface area (Å²) in [6, 6.07) is 11.2. The van der Waals surface area contributed by atoms with E-state index in [2.05, 4.69) is 66.6 Å². The van der Waals surface area contributed by atoms with Gasteiger partial charge in [0.1, 0.15) is 0 Å². The smallest absolute Gasteiger partial charge is 0.0924 e. The Labute approximate surface area is 109 Å². The molecule has 0 bridgehead atoms. The van der Waals surface area contributed by atoms with Crippen LogP contribution in [0.1, 0.15) is 32.0 Å². The van der Waals surface area contributed by atoms with Crippen LogP contribution in [0.3, 0.4) is 0 Å². The van der Waals surface area contributed by atoms with Gasteiger partial charge in [0.05, 0.1) is 5.69 Å². The highest BCUT2D eigenvalue weighted by molar-refractivity contribution is 5.59. The molecule has 2 N–H and O–H groups in total. The van der Waals surface area contributed by atoms with E-state index in [-0.39, 0.29) is 0 Å². The standard InChI is InChI=1S/C15H21N3/c1-4-12-5-7-13(8-6-12)15-9-14(17-18-15)10-16-11(2)3/h5-9,11,16H,4,10H2,1-3H3,(H,17,18). The van der Waals surface area contributed by atoms with Gasteiger partial charge in [-0.1, -0.05) is 45.0 Å². The lowest BCUT2D eigenvalue weighted by Crippen LogP contribution is -2.21. The third kappa shape index (κ3) is 3.20. The van der Waals surface area contributed by atoms with Crippen LogP contribution in [0.25, 0.3) is 11.3 Å². The molecule has 3 nitrogen and oxygen atoms in total. The second-order valence-electron chi connectivity index (χ2n) is 4.86. The van der Waals surface area contributed by atoms with Crippen molar-refractivity contribution in [2.24, 2.45) is 0 Å². The molecule has 0 saturated carbocycles. The summed E-state index contributed by atoms with van der Waals surface area (Å²) in [5.41, 5.74) is 4.66. The second-order valence-corrected chi connectivity index (χ2v) is 4.86. The van der Waals surface area contributed by atoms with Gasteiger partial charge in [0, 0.05) is 23.8 Å². The molecule has 18 heavy (non-hydrogen) atoms. The van der Waals surface area contributed by atoms with Crippen LogP contribution in [0.5, 0.6) is 0 Å². The van der Waals surface area contributed by atoms with Crippen molar-refractivity contribution in [3.05, 3.63) is 41.6 Å². The van der Waals surface area contributed by atoms with Crippen molar-refractivity contribution in [3.8, 4) is 11.3 Å². The first-order valence-corrected chi connectivity index (χ1v) is 6.56. The highest BCUT2D eigenvalue weighted by atomic mass is 15.1. The van der Waals surface area contributed by atoms with Crippen molar-refractivity contribution in [3.63, 3.8) is 0 Å². The molecule has 2 rings (SSSR count). The van der Waals surface area contributed by atoms with E-state index in [1.807, 2.05) is 0 Å². The first kappa shape index (κ1) is 12.8. The van der Waals surface area contributed by atoms with Crippen LogP contribution in [0.15, 0.2) is 30.3 Å². The summed E-state index contributed by atoms with van der Waals surface area (Å²) in [4.78, 5) is 0. The van der Waals surface area contributed by atoms with E-state index in [0.29, 0.717) is 6.04 Å². The van der Waals surface area contributed by atoms with Gasteiger partial charge in [-0.15, -0.1) is 0 Å². The molecule has 2 aromatic rings. The van der Waals surface area contributed by atoms with Gasteiger partial charge >= 0.3 is 0 Å². The van der Waals surface area contributed by atoms with E-state index in [9.17, 15) is 0 Å². The van der Waals surface area contributed by atoms with Gasteiger partial charge in [-0.2, -0.15) is 5.10 Å². The molecule has 0 saturated heterocycles. The first-order chi connectivity index (χ1) is 8.69. The Morgan fingerprint density at radius 3 is 2.56 bits per heavy atom. The summed E-state index contributed by atoms with van der Waals surface area (Å²) in [5.74, 6) is 0. The number of aryl methyl sites for hydroxylation is 1. The minimum atomic E-state index is 0.487. The van der Waals surface area contributed by atoms with E-state index < -0.39 is 0 Å². The van der Waals surface area contributed by atoms with E-state index in [1.165, 1.54) is 11.1 Å². The van der Waals surface area contributed by atoms with E-state index in [1.54, 1.807) is 0 Å². The van der Waals surface area contributed by atoms with Crippen molar-refractivity contribution in [1.82, 2.24) is 15.5 Å². The highest BCUT2D eigenvalue weighted by Gasteiger charge is 2.04. The summed E-state index contributed by atoms with van der Waals surface area (Å²) in [5, 5.41) is 10.8. The van der Waals surface area contributed by atoms with Crippen molar-refractivity contribution >= 4 is 0 Å². The zero-order valence-electron chi connectivity index (χ0n) is 11.3. The molecule has 1 aromatic carbocycles. The molecule has 0 atom stereocenters. The van der Waals surface area contributed by atoms with Crippen LogP contribution in [0.4, 0.5) is 0 Å². The molecule has 0 spiro atoms. The van der Waals surface area contributed by atoms with Gasteiger partial charge in [0.15, 0.2) is 0 Å². The summed E-state index contributed by atoms with van der Waals surface area (Å²) in [6.45, 7) is 7.28. The van der Waals surface area contributed by atoms with Crippen molar-refractivity contribution in [1.29, 1.82) is 0 Å². The number of hydrogen-bond acceptors (Lipinski definition) is 2. The predicted molar refractivity (Wildman–Crippen MR) is 75.4 cm³/mol. The van der Waals surface area contributed by atoms with Crippen molar-refractivity contribution in [2.45, 2.75) is 39.8 Å². The van der Waals surface area contributed by atoms with Crippen LogP contribution in [0, 0.1) is 0 Å². The van der Waals surface area contributed by atoms with E-state index in [0.717, 1.165) is 24.4 Å². The lowest BCUT2D eigenvalue weighted by Gasteiger charge is -2.04. The molecule has 0 radical (unpaired) electrons. The first-order valence-electron chi connectivity index (χ1n) is 6.56. The molecular weight excluding hydrogens is 222 g/mol. The van der Waals surface area contributed by atoms with Crippen molar-refractivity contribution < 1.29 is 0 Å². The number of H-pyrrole nitrogens is 1. The number of aromatic nitrogens is 2. The summed E-state index contributed by atoms with van der Waals surface area (Å²) in [7, 11) is 0. The molecule has 0 fully saturated rings. The Bertz CT molecular complexity index is 483. The molecule has 0 unspecified atom stereocenters. The topological polar surface area (TPSA) is 40.7 Å². The maximum absolute atomic E-state index is 4.35. The lowest BCUT2D eigenvalue weighted by molar-refractivity contribution is 0.580. The third-order valence-electron chi connectivity index (χ3n) is 2.99.